The van der Waals surface area contributed by atoms with Gasteiger partial charge in [-0.1, -0.05) is 30.3 Å². The predicted molar refractivity (Wildman–Crippen MR) is 85.4 cm³/mol. The minimum atomic E-state index is -3.29. The second-order valence-electron chi connectivity index (χ2n) is 5.61. The van der Waals surface area contributed by atoms with Crippen molar-refractivity contribution in [2.75, 3.05) is 11.6 Å². The summed E-state index contributed by atoms with van der Waals surface area (Å²) in [6.07, 6.45) is 1.91. The molecular weight excluding hydrogens is 337 g/mol. The van der Waals surface area contributed by atoms with E-state index in [0.717, 1.165) is 6.26 Å². The van der Waals surface area contributed by atoms with Gasteiger partial charge >= 0.3 is 6.01 Å². The first-order valence-electron chi connectivity index (χ1n) is 7.29. The van der Waals surface area contributed by atoms with Gasteiger partial charge < -0.3 is 4.52 Å². The number of sulfone groups is 1. The van der Waals surface area contributed by atoms with Crippen molar-refractivity contribution >= 4 is 21.8 Å². The topological polar surface area (TPSA) is 102 Å². The van der Waals surface area contributed by atoms with E-state index < -0.39 is 15.8 Å². The summed E-state index contributed by atoms with van der Waals surface area (Å²) in [4.78, 5) is 15.9. The van der Waals surface area contributed by atoms with E-state index in [2.05, 4.69) is 15.5 Å². The molecular formula is C15H18FN3O4S. The maximum absolute atomic E-state index is 13.5. The van der Waals surface area contributed by atoms with Crippen molar-refractivity contribution < 1.29 is 22.1 Å². The number of aryl methyl sites for hydroxylation is 1. The molecule has 0 aliphatic heterocycles. The molecule has 2 rings (SSSR count). The maximum Gasteiger partial charge on any atom is 0.328 e. The molecule has 0 saturated heterocycles. The number of carbonyl (C=O) groups is 1. The van der Waals surface area contributed by atoms with E-state index in [1.807, 2.05) is 0 Å². The first kappa shape index (κ1) is 18.1. The van der Waals surface area contributed by atoms with Crippen LogP contribution in [0.1, 0.15) is 24.7 Å². The Kier molecular flexibility index (Phi) is 5.66. The number of carbonyl (C=O) groups excluding carboxylic acids is 1. The molecule has 0 spiro atoms. The Hall–Kier alpha value is -2.29. The number of nitrogens with one attached hydrogen (secondary N) is 1. The fraction of sp³-hybridized carbons (Fsp3) is 0.400. The molecule has 0 fully saturated rings. The lowest BCUT2D eigenvalue weighted by Gasteiger charge is -2.10. The minimum Gasteiger partial charge on any atom is -0.315 e. The summed E-state index contributed by atoms with van der Waals surface area (Å²) in [6, 6.07) is 6.25. The number of rotatable bonds is 7. The van der Waals surface area contributed by atoms with E-state index in [-0.39, 0.29) is 29.3 Å². The van der Waals surface area contributed by atoms with E-state index >= 15 is 0 Å². The molecule has 1 atom stereocenters. The normalized spacial score (nSPS) is 12.8. The number of benzene rings is 1. The van der Waals surface area contributed by atoms with E-state index in [0.29, 0.717) is 18.4 Å². The Morgan fingerprint density at radius 2 is 2.08 bits per heavy atom. The van der Waals surface area contributed by atoms with Crippen molar-refractivity contribution in [1.82, 2.24) is 10.1 Å². The van der Waals surface area contributed by atoms with Gasteiger partial charge in [-0.05, 0) is 24.5 Å². The molecule has 0 aliphatic carbocycles. The number of hydrogen-bond donors (Lipinski definition) is 1. The van der Waals surface area contributed by atoms with Crippen LogP contribution in [-0.2, 0) is 26.8 Å². The number of aromatic nitrogens is 2. The van der Waals surface area contributed by atoms with Crippen LogP contribution in [0.5, 0.6) is 0 Å². The molecule has 0 aliphatic rings. The highest BCUT2D eigenvalue weighted by molar-refractivity contribution is 7.89. The second-order valence-corrected chi connectivity index (χ2v) is 7.75. The minimum absolute atomic E-state index is 0.0215. The van der Waals surface area contributed by atoms with Crippen LogP contribution in [0, 0.1) is 11.7 Å². The third-order valence-electron chi connectivity index (χ3n) is 3.34. The number of halogens is 1. The summed E-state index contributed by atoms with van der Waals surface area (Å²) in [5.41, 5.74) is 0.547. The number of amides is 1. The van der Waals surface area contributed by atoms with Gasteiger partial charge in [0, 0.05) is 12.2 Å². The highest BCUT2D eigenvalue weighted by Crippen LogP contribution is 2.15. The van der Waals surface area contributed by atoms with Crippen LogP contribution in [-0.4, -0.2) is 30.7 Å². The summed E-state index contributed by atoms with van der Waals surface area (Å²) in [7, 11) is -3.29. The van der Waals surface area contributed by atoms with Gasteiger partial charge in [0.25, 0.3) is 0 Å². The molecule has 7 nitrogen and oxygen atoms in total. The Labute approximate surface area is 139 Å². The van der Waals surface area contributed by atoms with Gasteiger partial charge in [-0.3, -0.25) is 10.1 Å². The Balaban J connectivity index is 1.89. The first-order valence-corrected chi connectivity index (χ1v) is 9.35. The highest BCUT2D eigenvalue weighted by atomic mass is 32.2. The third kappa shape index (κ3) is 5.41. The SMILES string of the molecule is CC(CCc1ccccc1F)C(=O)Nc1nc(CS(C)(=O)=O)no1. The van der Waals surface area contributed by atoms with Gasteiger partial charge in [0.2, 0.25) is 5.91 Å². The third-order valence-corrected chi connectivity index (χ3v) is 4.12. The zero-order valence-corrected chi connectivity index (χ0v) is 14.1. The summed E-state index contributed by atoms with van der Waals surface area (Å²) < 4.78 is 40.6. The summed E-state index contributed by atoms with van der Waals surface area (Å²) in [6.45, 7) is 1.70. The standard InChI is InChI=1S/C15H18FN3O4S/c1-10(7-8-11-5-3-4-6-12(11)16)14(20)18-15-17-13(19-23-15)9-24(2,21)22/h3-6,10H,7-9H2,1-2H3,(H,17,18,19,20). The number of anilines is 1. The van der Waals surface area contributed by atoms with Crippen LogP contribution in [0.4, 0.5) is 10.4 Å². The van der Waals surface area contributed by atoms with Crippen LogP contribution in [0.15, 0.2) is 28.8 Å². The van der Waals surface area contributed by atoms with Crippen molar-refractivity contribution in [2.45, 2.75) is 25.5 Å². The molecule has 1 aromatic heterocycles. The van der Waals surface area contributed by atoms with Gasteiger partial charge in [0.1, 0.15) is 11.6 Å². The van der Waals surface area contributed by atoms with Crippen molar-refractivity contribution in [3.8, 4) is 0 Å². The Bertz CT molecular complexity index is 820. The van der Waals surface area contributed by atoms with E-state index in [4.69, 9.17) is 4.52 Å². The van der Waals surface area contributed by atoms with Crippen molar-refractivity contribution in [2.24, 2.45) is 5.92 Å². The van der Waals surface area contributed by atoms with Crippen LogP contribution in [0.3, 0.4) is 0 Å². The molecule has 0 radical (unpaired) electrons. The molecule has 9 heteroatoms. The van der Waals surface area contributed by atoms with E-state index in [9.17, 15) is 17.6 Å². The monoisotopic (exact) mass is 355 g/mol. The molecule has 1 N–H and O–H groups in total. The fourth-order valence-corrected chi connectivity index (χ4v) is 2.62. The number of nitrogens with zero attached hydrogens (tertiary/aromatic N) is 2. The van der Waals surface area contributed by atoms with Gasteiger partial charge in [-0.25, -0.2) is 12.8 Å². The van der Waals surface area contributed by atoms with Crippen molar-refractivity contribution in [1.29, 1.82) is 0 Å². The van der Waals surface area contributed by atoms with Gasteiger partial charge in [-0.15, -0.1) is 0 Å². The lowest BCUT2D eigenvalue weighted by atomic mass is 10.00. The summed E-state index contributed by atoms with van der Waals surface area (Å²) in [5, 5.41) is 5.92. The van der Waals surface area contributed by atoms with Crippen LogP contribution in [0.25, 0.3) is 0 Å². The lowest BCUT2D eigenvalue weighted by Crippen LogP contribution is -2.21. The Morgan fingerprint density at radius 3 is 2.75 bits per heavy atom. The van der Waals surface area contributed by atoms with Crippen LogP contribution in [0.2, 0.25) is 0 Å². The van der Waals surface area contributed by atoms with E-state index in [1.165, 1.54) is 6.07 Å². The molecule has 2 aromatic rings. The maximum atomic E-state index is 13.5. The molecule has 0 saturated carbocycles. The van der Waals surface area contributed by atoms with Gasteiger partial charge in [0.05, 0.1) is 0 Å². The highest BCUT2D eigenvalue weighted by Gasteiger charge is 2.18. The average molecular weight is 355 g/mol. The second kappa shape index (κ2) is 7.52. The van der Waals surface area contributed by atoms with Gasteiger partial charge in [0.15, 0.2) is 15.7 Å². The molecule has 130 valence electrons. The van der Waals surface area contributed by atoms with Crippen LogP contribution < -0.4 is 5.32 Å². The Morgan fingerprint density at radius 1 is 1.38 bits per heavy atom. The summed E-state index contributed by atoms with van der Waals surface area (Å²) in [5.74, 6) is -1.45. The number of hydrogen-bond acceptors (Lipinski definition) is 6. The first-order chi connectivity index (χ1) is 11.2. The van der Waals surface area contributed by atoms with E-state index in [1.54, 1.807) is 25.1 Å². The molecule has 24 heavy (non-hydrogen) atoms. The average Bonchev–Trinajstić information content (AvgIpc) is 2.91. The molecule has 1 unspecified atom stereocenters. The summed E-state index contributed by atoms with van der Waals surface area (Å²) >= 11 is 0. The fourth-order valence-electron chi connectivity index (χ4n) is 2.03. The predicted octanol–water partition coefficient (Wildman–Crippen LogP) is 1.96. The molecule has 1 aromatic carbocycles. The zero-order valence-electron chi connectivity index (χ0n) is 13.3. The zero-order chi connectivity index (χ0) is 17.7. The smallest absolute Gasteiger partial charge is 0.315 e. The molecule has 1 amide bonds. The van der Waals surface area contributed by atoms with Crippen LogP contribution >= 0.6 is 0 Å². The lowest BCUT2D eigenvalue weighted by molar-refractivity contribution is -0.119. The van der Waals surface area contributed by atoms with Crippen molar-refractivity contribution in [3.05, 3.63) is 41.5 Å². The largest absolute Gasteiger partial charge is 0.328 e. The molecule has 0 bridgehead atoms. The quantitative estimate of drug-likeness (QED) is 0.814. The molecule has 1 heterocycles. The van der Waals surface area contributed by atoms with Crippen molar-refractivity contribution in [3.63, 3.8) is 0 Å². The van der Waals surface area contributed by atoms with Gasteiger partial charge in [-0.2, -0.15) is 4.98 Å².